The summed E-state index contributed by atoms with van der Waals surface area (Å²) < 4.78 is 38.8. The Hall–Kier alpha value is -1.89. The molecule has 0 amide bonds. The number of hydrogen-bond donors (Lipinski definition) is 1. The fourth-order valence-corrected chi connectivity index (χ4v) is 2.03. The molecule has 0 unspecified atom stereocenters. The highest BCUT2D eigenvalue weighted by Gasteiger charge is 2.32. The summed E-state index contributed by atoms with van der Waals surface area (Å²) in [5.74, 6) is 0.387. The third kappa shape index (κ3) is 3.24. The number of nitrogens with zero attached hydrogens (tertiary/aromatic N) is 3. The van der Waals surface area contributed by atoms with Gasteiger partial charge in [0.25, 0.3) is 0 Å². The van der Waals surface area contributed by atoms with Crippen molar-refractivity contribution in [2.45, 2.75) is 38.5 Å². The first kappa shape index (κ1) is 14.1. The van der Waals surface area contributed by atoms with Gasteiger partial charge in [-0.3, -0.25) is 0 Å². The Balaban J connectivity index is 1.79. The molecule has 2 heterocycles. The normalized spacial score (nSPS) is 15.4. The summed E-state index contributed by atoms with van der Waals surface area (Å²) >= 11 is 0. The van der Waals surface area contributed by atoms with Gasteiger partial charge in [-0.25, -0.2) is 9.67 Å². The molecule has 0 bridgehead atoms. The first-order valence-corrected chi connectivity index (χ1v) is 6.75. The van der Waals surface area contributed by atoms with Gasteiger partial charge in [0.05, 0.1) is 11.8 Å². The summed E-state index contributed by atoms with van der Waals surface area (Å²) in [6.07, 6.45) is -0.221. The summed E-state index contributed by atoms with van der Waals surface area (Å²) in [7, 11) is 0. The molecule has 0 aromatic carbocycles. The summed E-state index contributed by atoms with van der Waals surface area (Å²) in [5, 5.41) is 7.11. The zero-order valence-corrected chi connectivity index (χ0v) is 11.5. The number of aryl methyl sites for hydroxylation is 1. The highest BCUT2D eigenvalue weighted by atomic mass is 19.4. The predicted octanol–water partition coefficient (Wildman–Crippen LogP) is 2.85. The smallest absolute Gasteiger partial charge is 0.310 e. The monoisotopic (exact) mass is 296 g/mol. The summed E-state index contributed by atoms with van der Waals surface area (Å²) in [5.41, 5.74) is 1.07. The largest absolute Gasteiger partial charge is 0.419 e. The van der Waals surface area contributed by atoms with Crippen molar-refractivity contribution in [2.24, 2.45) is 0 Å². The molecule has 3 rings (SSSR count). The molecule has 0 radical (unpaired) electrons. The molecule has 1 saturated carbocycles. The maximum absolute atomic E-state index is 12.6. The fraction of sp³-hybridized carbons (Fsp3) is 0.429. The van der Waals surface area contributed by atoms with Gasteiger partial charge in [0, 0.05) is 24.5 Å². The summed E-state index contributed by atoms with van der Waals surface area (Å²) in [6.45, 7) is 2.58. The van der Waals surface area contributed by atoms with Crippen molar-refractivity contribution in [1.82, 2.24) is 20.1 Å². The van der Waals surface area contributed by atoms with Crippen molar-refractivity contribution in [1.29, 1.82) is 0 Å². The Bertz CT molecular complexity index is 644. The van der Waals surface area contributed by atoms with E-state index in [0.717, 1.165) is 34.9 Å². The number of nitrogens with one attached hydrogen (secondary N) is 1. The van der Waals surface area contributed by atoms with E-state index in [-0.39, 0.29) is 0 Å². The molecule has 21 heavy (non-hydrogen) atoms. The van der Waals surface area contributed by atoms with Crippen LogP contribution in [-0.4, -0.2) is 20.8 Å². The van der Waals surface area contributed by atoms with Crippen molar-refractivity contribution in [3.05, 3.63) is 41.3 Å². The van der Waals surface area contributed by atoms with E-state index in [4.69, 9.17) is 0 Å². The minimum Gasteiger partial charge on any atom is -0.310 e. The lowest BCUT2D eigenvalue weighted by molar-refractivity contribution is -0.137. The lowest BCUT2D eigenvalue weighted by Crippen LogP contribution is -2.16. The van der Waals surface area contributed by atoms with Crippen molar-refractivity contribution in [3.63, 3.8) is 0 Å². The average molecular weight is 296 g/mol. The highest BCUT2D eigenvalue weighted by Crippen LogP contribution is 2.29. The molecule has 0 atom stereocenters. The molecule has 0 saturated heterocycles. The average Bonchev–Trinajstić information content (AvgIpc) is 3.09. The van der Waals surface area contributed by atoms with Crippen LogP contribution >= 0.6 is 0 Å². The quantitative estimate of drug-likeness (QED) is 0.943. The molecule has 0 aliphatic heterocycles. The van der Waals surface area contributed by atoms with E-state index in [0.29, 0.717) is 11.9 Å². The zero-order valence-electron chi connectivity index (χ0n) is 11.5. The lowest BCUT2D eigenvalue weighted by atomic mass is 10.2. The molecule has 1 fully saturated rings. The van der Waals surface area contributed by atoms with Crippen LogP contribution in [-0.2, 0) is 12.7 Å². The van der Waals surface area contributed by atoms with Gasteiger partial charge in [-0.05, 0) is 31.4 Å². The van der Waals surface area contributed by atoms with Crippen LogP contribution in [0.4, 0.5) is 13.2 Å². The third-order valence-electron chi connectivity index (χ3n) is 3.48. The van der Waals surface area contributed by atoms with Gasteiger partial charge in [0.15, 0.2) is 5.82 Å². The Labute approximate surface area is 120 Å². The van der Waals surface area contributed by atoms with E-state index in [9.17, 15) is 13.2 Å². The van der Waals surface area contributed by atoms with E-state index in [1.54, 1.807) is 6.07 Å². The minimum atomic E-state index is -4.39. The number of pyridine rings is 1. The molecule has 1 N–H and O–H groups in total. The Morgan fingerprint density at radius 2 is 2.10 bits per heavy atom. The minimum absolute atomic E-state index is 0.387. The molecule has 4 nitrogen and oxygen atoms in total. The van der Waals surface area contributed by atoms with Crippen molar-refractivity contribution in [3.8, 4) is 5.82 Å². The first-order valence-electron chi connectivity index (χ1n) is 6.75. The number of hydrogen-bond acceptors (Lipinski definition) is 3. The molecular weight excluding hydrogens is 281 g/mol. The molecule has 7 heteroatoms. The molecule has 2 aromatic heterocycles. The number of rotatable bonds is 4. The third-order valence-corrected chi connectivity index (χ3v) is 3.48. The van der Waals surface area contributed by atoms with Crippen LogP contribution in [0, 0.1) is 6.92 Å². The number of alkyl halides is 3. The van der Waals surface area contributed by atoms with Gasteiger partial charge < -0.3 is 5.32 Å². The molecule has 0 spiro atoms. The van der Waals surface area contributed by atoms with Gasteiger partial charge >= 0.3 is 6.18 Å². The van der Waals surface area contributed by atoms with Crippen LogP contribution in [0.15, 0.2) is 24.5 Å². The second kappa shape index (κ2) is 5.14. The molecule has 1 aliphatic rings. The van der Waals surface area contributed by atoms with E-state index in [1.165, 1.54) is 12.8 Å². The van der Waals surface area contributed by atoms with Crippen LogP contribution in [0.3, 0.4) is 0 Å². The van der Waals surface area contributed by atoms with E-state index in [2.05, 4.69) is 15.4 Å². The van der Waals surface area contributed by atoms with Crippen molar-refractivity contribution >= 4 is 0 Å². The van der Waals surface area contributed by atoms with Crippen LogP contribution in [0.25, 0.3) is 5.82 Å². The topological polar surface area (TPSA) is 42.7 Å². The Morgan fingerprint density at radius 1 is 1.33 bits per heavy atom. The van der Waals surface area contributed by atoms with E-state index in [1.807, 2.05) is 13.0 Å². The van der Waals surface area contributed by atoms with Crippen LogP contribution in [0.1, 0.15) is 29.7 Å². The second-order valence-electron chi connectivity index (χ2n) is 5.24. The van der Waals surface area contributed by atoms with Gasteiger partial charge in [-0.15, -0.1) is 0 Å². The maximum Gasteiger partial charge on any atom is 0.419 e. The Morgan fingerprint density at radius 3 is 2.67 bits per heavy atom. The molecule has 1 aliphatic carbocycles. The van der Waals surface area contributed by atoms with Crippen LogP contribution in [0.2, 0.25) is 0 Å². The fourth-order valence-electron chi connectivity index (χ4n) is 2.03. The lowest BCUT2D eigenvalue weighted by Gasteiger charge is -2.08. The Kier molecular flexibility index (Phi) is 3.44. The van der Waals surface area contributed by atoms with Gasteiger partial charge in [-0.2, -0.15) is 18.3 Å². The molecule has 112 valence electrons. The SMILES string of the molecule is Cc1nc(-n2cc(C(F)(F)F)cn2)ccc1CNC1CC1. The molecular formula is C14H15F3N4. The van der Waals surface area contributed by atoms with E-state index >= 15 is 0 Å². The van der Waals surface area contributed by atoms with Crippen molar-refractivity contribution < 1.29 is 13.2 Å². The van der Waals surface area contributed by atoms with Gasteiger partial charge in [-0.1, -0.05) is 6.07 Å². The van der Waals surface area contributed by atoms with Gasteiger partial charge in [0.1, 0.15) is 0 Å². The second-order valence-corrected chi connectivity index (χ2v) is 5.24. The van der Waals surface area contributed by atoms with Gasteiger partial charge in [0.2, 0.25) is 0 Å². The van der Waals surface area contributed by atoms with Crippen LogP contribution < -0.4 is 5.32 Å². The maximum atomic E-state index is 12.6. The standard InChI is InChI=1S/C14H15F3N4/c1-9-10(6-18-12-3-4-12)2-5-13(20-9)21-8-11(7-19-21)14(15,16)17/h2,5,7-8,12,18H,3-4,6H2,1H3. The van der Waals surface area contributed by atoms with Crippen molar-refractivity contribution in [2.75, 3.05) is 0 Å². The zero-order chi connectivity index (χ0) is 15.0. The number of aromatic nitrogens is 3. The summed E-state index contributed by atoms with van der Waals surface area (Å²) in [6, 6.07) is 4.16. The predicted molar refractivity (Wildman–Crippen MR) is 71.0 cm³/mol. The van der Waals surface area contributed by atoms with E-state index < -0.39 is 11.7 Å². The first-order chi connectivity index (χ1) is 9.93. The molecule has 2 aromatic rings. The van der Waals surface area contributed by atoms with Crippen LogP contribution in [0.5, 0.6) is 0 Å². The summed E-state index contributed by atoms with van der Waals surface area (Å²) in [4.78, 5) is 4.33. The highest BCUT2D eigenvalue weighted by molar-refractivity contribution is 5.30. The number of halogens is 3.